The Labute approximate surface area is 112 Å². The minimum Gasteiger partial charge on any atom is -0.341 e. The fourth-order valence-electron chi connectivity index (χ4n) is 2.31. The molecule has 1 N–H and O–H groups in total. The third-order valence-corrected chi connectivity index (χ3v) is 3.42. The summed E-state index contributed by atoms with van der Waals surface area (Å²) in [5.74, 6) is 0.313. The lowest BCUT2D eigenvalue weighted by Crippen LogP contribution is -2.55. The summed E-state index contributed by atoms with van der Waals surface area (Å²) in [5.41, 5.74) is 0.00987. The van der Waals surface area contributed by atoms with Gasteiger partial charge < -0.3 is 10.2 Å². The summed E-state index contributed by atoms with van der Waals surface area (Å²) in [7, 11) is 0. The molecule has 0 aliphatic carbocycles. The van der Waals surface area contributed by atoms with Crippen LogP contribution >= 0.6 is 0 Å². The van der Waals surface area contributed by atoms with Crippen LogP contribution in [0.1, 0.15) is 66.2 Å². The molecule has 106 valence electrons. The highest BCUT2D eigenvalue weighted by molar-refractivity contribution is 5.82. The van der Waals surface area contributed by atoms with E-state index in [0.717, 1.165) is 25.9 Å². The summed E-state index contributed by atoms with van der Waals surface area (Å²) in [4.78, 5) is 14.3. The van der Waals surface area contributed by atoms with Gasteiger partial charge in [-0.25, -0.2) is 0 Å². The highest BCUT2D eigenvalue weighted by Gasteiger charge is 2.29. The number of carbonyl (C=O) groups excluding carboxylic acids is 1. The van der Waals surface area contributed by atoms with Gasteiger partial charge in [0.2, 0.25) is 5.91 Å². The molecular formula is C15H30N2O. The van der Waals surface area contributed by atoms with Gasteiger partial charge in [-0.3, -0.25) is 4.79 Å². The van der Waals surface area contributed by atoms with E-state index in [9.17, 15) is 4.79 Å². The number of carbonyl (C=O) groups is 1. The van der Waals surface area contributed by atoms with Crippen molar-refractivity contribution in [2.75, 3.05) is 13.1 Å². The Morgan fingerprint density at radius 1 is 1.22 bits per heavy atom. The van der Waals surface area contributed by atoms with E-state index in [4.69, 9.17) is 0 Å². The van der Waals surface area contributed by atoms with Gasteiger partial charge in [-0.15, -0.1) is 0 Å². The number of hydrogen-bond acceptors (Lipinski definition) is 2. The van der Waals surface area contributed by atoms with Crippen molar-refractivity contribution in [2.24, 2.45) is 0 Å². The Balaban J connectivity index is 2.43. The lowest BCUT2D eigenvalue weighted by molar-refractivity contribution is -0.137. The number of hydrogen-bond donors (Lipinski definition) is 1. The first-order valence-electron chi connectivity index (χ1n) is 7.50. The van der Waals surface area contributed by atoms with Crippen LogP contribution in [0.15, 0.2) is 0 Å². The van der Waals surface area contributed by atoms with Crippen LogP contribution in [0.3, 0.4) is 0 Å². The standard InChI is InChI=1S/C15H30N2O/c1-5-6-7-8-10-13(16-15(2,3)4)14(18)17-11-9-12-17/h13,16H,5-12H2,1-4H3. The molecule has 0 aromatic rings. The molecule has 1 amide bonds. The molecule has 0 aromatic carbocycles. The number of amides is 1. The van der Waals surface area contributed by atoms with Gasteiger partial charge in [0.15, 0.2) is 0 Å². The highest BCUT2D eigenvalue weighted by atomic mass is 16.2. The van der Waals surface area contributed by atoms with Crippen LogP contribution in [0.25, 0.3) is 0 Å². The molecule has 1 rings (SSSR count). The predicted molar refractivity (Wildman–Crippen MR) is 76.6 cm³/mol. The van der Waals surface area contributed by atoms with E-state index in [1.807, 2.05) is 4.90 Å². The number of nitrogens with one attached hydrogen (secondary N) is 1. The smallest absolute Gasteiger partial charge is 0.239 e. The third kappa shape index (κ3) is 5.38. The van der Waals surface area contributed by atoms with Crippen molar-refractivity contribution in [3.8, 4) is 0 Å². The first kappa shape index (κ1) is 15.5. The zero-order valence-corrected chi connectivity index (χ0v) is 12.6. The van der Waals surface area contributed by atoms with Gasteiger partial charge in [-0.1, -0.05) is 32.6 Å². The molecule has 1 heterocycles. The Morgan fingerprint density at radius 2 is 1.89 bits per heavy atom. The summed E-state index contributed by atoms with van der Waals surface area (Å²) in [6, 6.07) is 0.0159. The van der Waals surface area contributed by atoms with Crippen molar-refractivity contribution in [3.05, 3.63) is 0 Å². The van der Waals surface area contributed by atoms with E-state index < -0.39 is 0 Å². The Kier molecular flexibility index (Phi) is 6.13. The summed E-state index contributed by atoms with van der Waals surface area (Å²) in [6.45, 7) is 10.5. The maximum absolute atomic E-state index is 12.3. The molecule has 0 radical (unpaired) electrons. The second-order valence-electron chi connectivity index (χ2n) is 6.48. The minimum atomic E-state index is 0.00987. The van der Waals surface area contributed by atoms with Gasteiger partial charge in [-0.05, 0) is 33.6 Å². The summed E-state index contributed by atoms with van der Waals surface area (Å²) < 4.78 is 0. The Morgan fingerprint density at radius 3 is 2.33 bits per heavy atom. The molecule has 1 aliphatic rings. The molecular weight excluding hydrogens is 224 g/mol. The molecule has 1 unspecified atom stereocenters. The van der Waals surface area contributed by atoms with E-state index >= 15 is 0 Å². The van der Waals surface area contributed by atoms with Crippen LogP contribution in [0, 0.1) is 0 Å². The number of likely N-dealkylation sites (tertiary alicyclic amines) is 1. The number of unbranched alkanes of at least 4 members (excludes halogenated alkanes) is 3. The van der Waals surface area contributed by atoms with Gasteiger partial charge in [0.1, 0.15) is 0 Å². The molecule has 1 saturated heterocycles. The predicted octanol–water partition coefficient (Wildman–Crippen LogP) is 2.95. The fraction of sp³-hybridized carbons (Fsp3) is 0.933. The molecule has 3 nitrogen and oxygen atoms in total. The van der Waals surface area contributed by atoms with Crippen LogP contribution < -0.4 is 5.32 Å². The van der Waals surface area contributed by atoms with Gasteiger partial charge in [0.05, 0.1) is 6.04 Å². The van der Waals surface area contributed by atoms with Crippen molar-refractivity contribution >= 4 is 5.91 Å². The molecule has 3 heteroatoms. The molecule has 0 saturated carbocycles. The van der Waals surface area contributed by atoms with E-state index in [1.54, 1.807) is 0 Å². The topological polar surface area (TPSA) is 32.3 Å². The molecule has 0 spiro atoms. The van der Waals surface area contributed by atoms with Gasteiger partial charge >= 0.3 is 0 Å². The lowest BCUT2D eigenvalue weighted by Gasteiger charge is -2.37. The lowest BCUT2D eigenvalue weighted by atomic mass is 10.0. The number of nitrogens with zero attached hydrogens (tertiary/aromatic N) is 1. The van der Waals surface area contributed by atoms with Crippen LogP contribution in [-0.2, 0) is 4.79 Å². The van der Waals surface area contributed by atoms with Crippen LogP contribution in [0.5, 0.6) is 0 Å². The molecule has 0 aromatic heterocycles. The highest BCUT2D eigenvalue weighted by Crippen LogP contribution is 2.15. The quantitative estimate of drug-likeness (QED) is 0.708. The average molecular weight is 254 g/mol. The fourth-order valence-corrected chi connectivity index (χ4v) is 2.31. The average Bonchev–Trinajstić information content (AvgIpc) is 2.18. The van der Waals surface area contributed by atoms with Crippen molar-refractivity contribution in [3.63, 3.8) is 0 Å². The largest absolute Gasteiger partial charge is 0.341 e. The van der Waals surface area contributed by atoms with Crippen molar-refractivity contribution < 1.29 is 4.79 Å². The zero-order valence-electron chi connectivity index (χ0n) is 12.6. The van der Waals surface area contributed by atoms with Crippen LogP contribution in [0.2, 0.25) is 0 Å². The normalized spacial score (nSPS) is 17.4. The maximum atomic E-state index is 12.3. The van der Waals surface area contributed by atoms with Gasteiger partial charge in [0.25, 0.3) is 0 Å². The maximum Gasteiger partial charge on any atom is 0.239 e. The molecule has 1 atom stereocenters. The molecule has 1 fully saturated rings. The first-order chi connectivity index (χ1) is 8.44. The van der Waals surface area contributed by atoms with E-state index in [1.165, 1.54) is 25.7 Å². The summed E-state index contributed by atoms with van der Waals surface area (Å²) >= 11 is 0. The second-order valence-corrected chi connectivity index (χ2v) is 6.48. The van der Waals surface area contributed by atoms with Crippen molar-refractivity contribution in [1.82, 2.24) is 10.2 Å². The Hall–Kier alpha value is -0.570. The summed E-state index contributed by atoms with van der Waals surface area (Å²) in [5, 5.41) is 3.49. The van der Waals surface area contributed by atoms with Crippen LogP contribution in [-0.4, -0.2) is 35.5 Å². The summed E-state index contributed by atoms with van der Waals surface area (Å²) in [6.07, 6.45) is 7.07. The molecule has 0 bridgehead atoms. The Bertz CT molecular complexity index is 254. The molecule has 18 heavy (non-hydrogen) atoms. The van der Waals surface area contributed by atoms with Gasteiger partial charge in [-0.2, -0.15) is 0 Å². The first-order valence-corrected chi connectivity index (χ1v) is 7.50. The SMILES string of the molecule is CCCCCCC(NC(C)(C)C)C(=O)N1CCC1. The van der Waals surface area contributed by atoms with E-state index in [2.05, 4.69) is 33.0 Å². The van der Waals surface area contributed by atoms with Gasteiger partial charge in [0, 0.05) is 18.6 Å². The van der Waals surface area contributed by atoms with Crippen LogP contribution in [0.4, 0.5) is 0 Å². The van der Waals surface area contributed by atoms with E-state index in [-0.39, 0.29) is 11.6 Å². The number of rotatable bonds is 7. The minimum absolute atomic E-state index is 0.00987. The van der Waals surface area contributed by atoms with E-state index in [0.29, 0.717) is 5.91 Å². The van der Waals surface area contributed by atoms with Crippen molar-refractivity contribution in [1.29, 1.82) is 0 Å². The third-order valence-electron chi connectivity index (χ3n) is 3.42. The van der Waals surface area contributed by atoms with Crippen molar-refractivity contribution in [2.45, 2.75) is 77.8 Å². The monoisotopic (exact) mass is 254 g/mol. The zero-order chi connectivity index (χ0) is 13.6. The second kappa shape index (κ2) is 7.13. The molecule has 1 aliphatic heterocycles.